The van der Waals surface area contributed by atoms with Gasteiger partial charge in [0.25, 0.3) is 0 Å². The van der Waals surface area contributed by atoms with Gasteiger partial charge in [-0.1, -0.05) is 6.92 Å². The van der Waals surface area contributed by atoms with Crippen LogP contribution in [0.3, 0.4) is 0 Å². The summed E-state index contributed by atoms with van der Waals surface area (Å²) in [5.41, 5.74) is 5.91. The first-order valence-electron chi connectivity index (χ1n) is 4.73. The van der Waals surface area contributed by atoms with Crippen LogP contribution in [0.15, 0.2) is 0 Å². The molecule has 3 unspecified atom stereocenters. The summed E-state index contributed by atoms with van der Waals surface area (Å²) in [5.74, 6) is 1.74. The van der Waals surface area contributed by atoms with Crippen LogP contribution in [0, 0.1) is 5.92 Å². The van der Waals surface area contributed by atoms with Crippen molar-refractivity contribution in [2.24, 2.45) is 11.7 Å². The predicted octanol–water partition coefficient (Wildman–Crippen LogP) is 1.23. The zero-order chi connectivity index (χ0) is 8.97. The van der Waals surface area contributed by atoms with Gasteiger partial charge in [0.05, 0.1) is 0 Å². The molecule has 0 saturated heterocycles. The molecule has 3 N–H and O–H groups in total. The summed E-state index contributed by atoms with van der Waals surface area (Å²) in [6.07, 6.45) is 3.36. The Bertz CT molecular complexity index is 132. The number of nitrogens with two attached hydrogens (primary N) is 1. The third-order valence-electron chi connectivity index (χ3n) is 2.68. The van der Waals surface area contributed by atoms with Crippen LogP contribution in [0.25, 0.3) is 0 Å². The van der Waals surface area contributed by atoms with E-state index in [-0.39, 0.29) is 0 Å². The Morgan fingerprint density at radius 1 is 1.50 bits per heavy atom. The molecule has 2 nitrogen and oxygen atoms in total. The van der Waals surface area contributed by atoms with E-state index in [9.17, 15) is 0 Å². The van der Waals surface area contributed by atoms with Gasteiger partial charge in [-0.3, -0.25) is 0 Å². The van der Waals surface area contributed by atoms with Crippen LogP contribution in [0.5, 0.6) is 0 Å². The summed E-state index contributed by atoms with van der Waals surface area (Å²) in [4.78, 5) is 0. The zero-order valence-electron chi connectivity index (χ0n) is 7.70. The summed E-state index contributed by atoms with van der Waals surface area (Å²) in [6, 6.07) is 0.414. The fraction of sp³-hybridized carbons (Fsp3) is 1.00. The summed E-state index contributed by atoms with van der Waals surface area (Å²) < 4.78 is 0. The lowest BCUT2D eigenvalue weighted by molar-refractivity contribution is 0.296. The smallest absolute Gasteiger partial charge is 0.0438 e. The van der Waals surface area contributed by atoms with Crippen LogP contribution in [0.2, 0.25) is 0 Å². The SMILES string of the molecule is CC1C(N)CCC1SCCCO. The second-order valence-electron chi connectivity index (χ2n) is 3.59. The first-order valence-corrected chi connectivity index (χ1v) is 5.78. The van der Waals surface area contributed by atoms with E-state index in [1.165, 1.54) is 12.8 Å². The van der Waals surface area contributed by atoms with Crippen LogP contribution in [0.4, 0.5) is 0 Å². The maximum absolute atomic E-state index is 8.62. The molecule has 0 radical (unpaired) electrons. The van der Waals surface area contributed by atoms with E-state index in [2.05, 4.69) is 6.92 Å². The van der Waals surface area contributed by atoms with Gasteiger partial charge in [-0.15, -0.1) is 0 Å². The van der Waals surface area contributed by atoms with Crippen molar-refractivity contribution < 1.29 is 5.11 Å². The van der Waals surface area contributed by atoms with Gasteiger partial charge >= 0.3 is 0 Å². The van der Waals surface area contributed by atoms with Crippen molar-refractivity contribution in [3.05, 3.63) is 0 Å². The molecule has 72 valence electrons. The van der Waals surface area contributed by atoms with Crippen molar-refractivity contribution in [2.45, 2.75) is 37.5 Å². The van der Waals surface area contributed by atoms with Crippen molar-refractivity contribution in [3.8, 4) is 0 Å². The molecule has 0 aromatic heterocycles. The summed E-state index contributed by atoms with van der Waals surface area (Å²) in [7, 11) is 0. The minimum Gasteiger partial charge on any atom is -0.396 e. The molecule has 0 bridgehead atoms. The van der Waals surface area contributed by atoms with Gasteiger partial charge in [0.1, 0.15) is 0 Å². The standard InChI is InChI=1S/C9H19NOS/c1-7-8(10)3-4-9(7)12-6-2-5-11/h7-9,11H,2-6,10H2,1H3. The third-order valence-corrected chi connectivity index (χ3v) is 4.30. The number of aliphatic hydroxyl groups excluding tert-OH is 1. The van der Waals surface area contributed by atoms with E-state index in [1.54, 1.807) is 0 Å². The molecule has 1 aliphatic carbocycles. The molecule has 3 atom stereocenters. The monoisotopic (exact) mass is 189 g/mol. The summed E-state index contributed by atoms with van der Waals surface area (Å²) in [5, 5.41) is 9.36. The van der Waals surface area contributed by atoms with Crippen molar-refractivity contribution in [3.63, 3.8) is 0 Å². The highest BCUT2D eigenvalue weighted by Crippen LogP contribution is 2.34. The van der Waals surface area contributed by atoms with Crippen LogP contribution < -0.4 is 5.73 Å². The van der Waals surface area contributed by atoms with E-state index in [1.807, 2.05) is 11.8 Å². The van der Waals surface area contributed by atoms with Gasteiger partial charge < -0.3 is 10.8 Å². The average Bonchev–Trinajstić information content (AvgIpc) is 2.36. The fourth-order valence-corrected chi connectivity index (χ4v) is 3.10. The Balaban J connectivity index is 2.16. The Labute approximate surface area is 78.9 Å². The topological polar surface area (TPSA) is 46.2 Å². The quantitative estimate of drug-likeness (QED) is 0.654. The molecule has 0 heterocycles. The normalized spacial score (nSPS) is 35.8. The average molecular weight is 189 g/mol. The Kier molecular flexibility index (Phi) is 4.40. The molecule has 0 aromatic carbocycles. The molecule has 1 fully saturated rings. The third kappa shape index (κ3) is 2.64. The van der Waals surface area contributed by atoms with Crippen molar-refractivity contribution in [2.75, 3.05) is 12.4 Å². The molecular weight excluding hydrogens is 170 g/mol. The van der Waals surface area contributed by atoms with Gasteiger partial charge in [-0.25, -0.2) is 0 Å². The van der Waals surface area contributed by atoms with Crippen LogP contribution in [-0.2, 0) is 0 Å². The van der Waals surface area contributed by atoms with E-state index in [0.29, 0.717) is 18.6 Å². The number of hydrogen-bond acceptors (Lipinski definition) is 3. The molecule has 1 rings (SSSR count). The van der Waals surface area contributed by atoms with Gasteiger partial charge in [-0.05, 0) is 30.9 Å². The molecule has 0 amide bonds. The lowest BCUT2D eigenvalue weighted by Gasteiger charge is -2.16. The Morgan fingerprint density at radius 2 is 2.25 bits per heavy atom. The van der Waals surface area contributed by atoms with E-state index < -0.39 is 0 Å². The van der Waals surface area contributed by atoms with E-state index >= 15 is 0 Å². The first kappa shape index (κ1) is 10.4. The van der Waals surface area contributed by atoms with Gasteiger partial charge in [0.2, 0.25) is 0 Å². The minimum atomic E-state index is 0.320. The van der Waals surface area contributed by atoms with E-state index in [4.69, 9.17) is 10.8 Å². The van der Waals surface area contributed by atoms with Crippen molar-refractivity contribution in [1.29, 1.82) is 0 Å². The molecule has 0 aromatic rings. The molecule has 3 heteroatoms. The maximum Gasteiger partial charge on any atom is 0.0438 e. The van der Waals surface area contributed by atoms with Crippen LogP contribution in [0.1, 0.15) is 26.2 Å². The van der Waals surface area contributed by atoms with Gasteiger partial charge in [0.15, 0.2) is 0 Å². The lowest BCUT2D eigenvalue weighted by Crippen LogP contribution is -2.26. The molecular formula is C9H19NOS. The van der Waals surface area contributed by atoms with Crippen molar-refractivity contribution in [1.82, 2.24) is 0 Å². The molecule has 1 saturated carbocycles. The summed E-state index contributed by atoms with van der Waals surface area (Å²) >= 11 is 1.98. The highest BCUT2D eigenvalue weighted by atomic mass is 32.2. The van der Waals surface area contributed by atoms with Crippen molar-refractivity contribution >= 4 is 11.8 Å². The lowest BCUT2D eigenvalue weighted by atomic mass is 10.1. The van der Waals surface area contributed by atoms with Crippen LogP contribution >= 0.6 is 11.8 Å². The zero-order valence-corrected chi connectivity index (χ0v) is 8.52. The highest BCUT2D eigenvalue weighted by molar-refractivity contribution is 7.99. The largest absolute Gasteiger partial charge is 0.396 e. The molecule has 0 spiro atoms. The van der Waals surface area contributed by atoms with Gasteiger partial charge in [-0.2, -0.15) is 11.8 Å². The van der Waals surface area contributed by atoms with Crippen LogP contribution in [-0.4, -0.2) is 28.8 Å². The molecule has 12 heavy (non-hydrogen) atoms. The maximum atomic E-state index is 8.62. The second-order valence-corrected chi connectivity index (χ2v) is 4.93. The summed E-state index contributed by atoms with van der Waals surface area (Å²) in [6.45, 7) is 2.56. The first-order chi connectivity index (χ1) is 5.75. The Morgan fingerprint density at radius 3 is 2.75 bits per heavy atom. The Hall–Kier alpha value is 0.270. The molecule has 1 aliphatic rings. The number of thioether (sulfide) groups is 1. The minimum absolute atomic E-state index is 0.320. The second kappa shape index (κ2) is 5.10. The van der Waals surface area contributed by atoms with E-state index in [0.717, 1.165) is 17.4 Å². The highest BCUT2D eigenvalue weighted by Gasteiger charge is 2.29. The fourth-order valence-electron chi connectivity index (χ4n) is 1.69. The molecule has 0 aliphatic heterocycles. The van der Waals surface area contributed by atoms with Gasteiger partial charge in [0, 0.05) is 17.9 Å². The number of hydrogen-bond donors (Lipinski definition) is 2. The number of rotatable bonds is 4. The number of aliphatic hydroxyl groups is 1. The predicted molar refractivity (Wildman–Crippen MR) is 54.3 cm³/mol.